The number of carbonyl (C=O) groups is 4. The zero-order valence-electron chi connectivity index (χ0n) is 33.4. The normalized spacial score (nSPS) is 15.1. The Morgan fingerprint density at radius 1 is 0.862 bits per heavy atom. The number of fused-ring (bicyclic) bond motifs is 1. The third kappa shape index (κ3) is 13.3. The fraction of sp³-hybridized carbons (Fsp3) is 0.422. The molecule has 1 fully saturated rings. The average molecular weight is 812 g/mol. The second-order valence-corrected chi connectivity index (χ2v) is 15.1. The van der Waals surface area contributed by atoms with Gasteiger partial charge in [-0.05, 0) is 112 Å². The third-order valence-corrected chi connectivity index (χ3v) is 10.8. The fourth-order valence-electron chi connectivity index (χ4n) is 6.50. The first-order chi connectivity index (χ1) is 28.3. The standard InChI is InChI=1S/C45H53N3O9S/c1-4-6-7-12-27-48(45-47-39-15-10-11-16-40(39)58-45)46-31-34-30-37(25-26-38(34)44(52)53-3)57-43(51)33-19-23-36(24-20-33)56-42(50)32-17-21-35(22-18-32)54-28-13-8-9-14-29-55-41(49)5-2/h5,10-11,15-18,21-22,25-26,30-31,33,36H,2,4,6-9,12-14,19-20,23-24,27-29H2,1,3H3/b46-31+/t33-,36-. The Balaban J connectivity index is 1.11. The number of rotatable bonds is 22. The van der Waals surface area contributed by atoms with Crippen LogP contribution in [-0.2, 0) is 23.8 Å². The van der Waals surface area contributed by atoms with Crippen LogP contribution in [0.5, 0.6) is 11.5 Å². The second-order valence-electron chi connectivity index (χ2n) is 14.1. The highest BCUT2D eigenvalue weighted by molar-refractivity contribution is 7.22. The number of para-hydroxylation sites is 1. The molecule has 1 aliphatic carbocycles. The molecule has 1 aromatic heterocycles. The SMILES string of the molecule is C=CC(=O)OCCCCCCOc1ccc(C(=O)O[C@H]2CC[C@H](C(=O)Oc3ccc(C(=O)OC)c(/C=N/N(CCCCCC)c4nc5ccccc5s4)c3)CC2)cc1. The summed E-state index contributed by atoms with van der Waals surface area (Å²) in [5, 5.41) is 7.39. The van der Waals surface area contributed by atoms with Crippen molar-refractivity contribution in [1.29, 1.82) is 0 Å². The maximum absolute atomic E-state index is 13.3. The summed E-state index contributed by atoms with van der Waals surface area (Å²) in [6.07, 6.45) is 12.3. The van der Waals surface area contributed by atoms with E-state index in [1.807, 2.05) is 29.3 Å². The van der Waals surface area contributed by atoms with Crippen molar-refractivity contribution in [1.82, 2.24) is 4.98 Å². The first kappa shape index (κ1) is 43.6. The largest absolute Gasteiger partial charge is 0.494 e. The summed E-state index contributed by atoms with van der Waals surface area (Å²) in [4.78, 5) is 54.8. The predicted molar refractivity (Wildman–Crippen MR) is 225 cm³/mol. The number of anilines is 1. The summed E-state index contributed by atoms with van der Waals surface area (Å²) in [6, 6.07) is 19.6. The van der Waals surface area contributed by atoms with Crippen LogP contribution in [0.15, 0.2) is 84.5 Å². The van der Waals surface area contributed by atoms with Gasteiger partial charge in [0.15, 0.2) is 0 Å². The molecule has 0 radical (unpaired) electrons. The van der Waals surface area contributed by atoms with Crippen LogP contribution in [-0.4, -0.2) is 68.0 Å². The van der Waals surface area contributed by atoms with Crippen molar-refractivity contribution >= 4 is 56.8 Å². The van der Waals surface area contributed by atoms with Crippen molar-refractivity contribution in [3.63, 3.8) is 0 Å². The van der Waals surface area contributed by atoms with Gasteiger partial charge >= 0.3 is 23.9 Å². The lowest BCUT2D eigenvalue weighted by Crippen LogP contribution is -2.30. The molecule has 12 nitrogen and oxygen atoms in total. The van der Waals surface area contributed by atoms with Crippen LogP contribution in [0.25, 0.3) is 10.2 Å². The van der Waals surface area contributed by atoms with Crippen molar-refractivity contribution in [3.05, 3.63) is 96.1 Å². The van der Waals surface area contributed by atoms with Gasteiger partial charge in [0.05, 0.1) is 53.8 Å². The van der Waals surface area contributed by atoms with Crippen molar-refractivity contribution in [2.45, 2.75) is 90.1 Å². The van der Waals surface area contributed by atoms with Gasteiger partial charge in [-0.25, -0.2) is 24.4 Å². The molecule has 13 heteroatoms. The number of methoxy groups -OCH3 is 1. The molecule has 0 unspecified atom stereocenters. The van der Waals surface area contributed by atoms with Gasteiger partial charge in [0.2, 0.25) is 5.13 Å². The van der Waals surface area contributed by atoms with Gasteiger partial charge in [-0.1, -0.05) is 56.2 Å². The summed E-state index contributed by atoms with van der Waals surface area (Å²) in [7, 11) is 1.32. The Kier molecular flexibility index (Phi) is 17.3. The lowest BCUT2D eigenvalue weighted by molar-refractivity contribution is -0.140. The smallest absolute Gasteiger partial charge is 0.338 e. The molecule has 0 saturated heterocycles. The Bertz CT molecular complexity index is 1970. The summed E-state index contributed by atoms with van der Waals surface area (Å²) < 4.78 is 28.5. The molecule has 0 spiro atoms. The molecule has 3 aromatic carbocycles. The molecule has 0 aliphatic heterocycles. The maximum atomic E-state index is 13.3. The predicted octanol–water partition coefficient (Wildman–Crippen LogP) is 9.49. The molecule has 0 N–H and O–H groups in total. The summed E-state index contributed by atoms with van der Waals surface area (Å²) in [5.41, 5.74) is 2.06. The van der Waals surface area contributed by atoms with E-state index in [-0.39, 0.29) is 18.0 Å². The quantitative estimate of drug-likeness (QED) is 0.0142. The van der Waals surface area contributed by atoms with Crippen LogP contribution >= 0.6 is 11.3 Å². The van der Waals surface area contributed by atoms with E-state index in [1.54, 1.807) is 60.0 Å². The Labute approximate surface area is 344 Å². The van der Waals surface area contributed by atoms with E-state index in [1.165, 1.54) is 7.11 Å². The van der Waals surface area contributed by atoms with E-state index in [0.717, 1.165) is 72.8 Å². The minimum Gasteiger partial charge on any atom is -0.494 e. The number of nitrogens with zero attached hydrogens (tertiary/aromatic N) is 3. The Morgan fingerprint density at radius 2 is 1.59 bits per heavy atom. The first-order valence-corrected chi connectivity index (χ1v) is 20.9. The molecule has 5 rings (SSSR count). The zero-order chi connectivity index (χ0) is 41.1. The van der Waals surface area contributed by atoms with E-state index < -0.39 is 17.9 Å². The highest BCUT2D eigenvalue weighted by Gasteiger charge is 2.30. The number of thiazole rings is 1. The molecular weight excluding hydrogens is 759 g/mol. The van der Waals surface area contributed by atoms with E-state index in [9.17, 15) is 19.2 Å². The fourth-order valence-corrected chi connectivity index (χ4v) is 7.45. The molecule has 0 bridgehead atoms. The van der Waals surface area contributed by atoms with Crippen LogP contribution < -0.4 is 14.5 Å². The topological polar surface area (TPSA) is 143 Å². The van der Waals surface area contributed by atoms with E-state index >= 15 is 0 Å². The van der Waals surface area contributed by atoms with Crippen LogP contribution in [0.3, 0.4) is 0 Å². The number of benzene rings is 3. The number of aromatic nitrogens is 1. The van der Waals surface area contributed by atoms with E-state index in [0.29, 0.717) is 73.6 Å². The van der Waals surface area contributed by atoms with Gasteiger partial charge < -0.3 is 23.7 Å². The average Bonchev–Trinajstić information content (AvgIpc) is 3.69. The summed E-state index contributed by atoms with van der Waals surface area (Å²) in [5.74, 6) is -1.14. The second kappa shape index (κ2) is 23.0. The van der Waals surface area contributed by atoms with Crippen LogP contribution in [0, 0.1) is 5.92 Å². The molecular formula is C45H53N3O9S. The molecule has 1 aliphatic rings. The molecule has 1 heterocycles. The molecule has 58 heavy (non-hydrogen) atoms. The summed E-state index contributed by atoms with van der Waals surface area (Å²) in [6.45, 7) is 7.12. The van der Waals surface area contributed by atoms with Gasteiger partial charge in [-0.3, -0.25) is 4.79 Å². The van der Waals surface area contributed by atoms with Crippen molar-refractivity contribution in [2.75, 3.05) is 31.9 Å². The highest BCUT2D eigenvalue weighted by atomic mass is 32.1. The van der Waals surface area contributed by atoms with Gasteiger partial charge in [-0.2, -0.15) is 5.10 Å². The lowest BCUT2D eigenvalue weighted by atomic mass is 9.87. The maximum Gasteiger partial charge on any atom is 0.338 e. The minimum atomic E-state index is -0.531. The molecule has 0 atom stereocenters. The number of hydrogen-bond donors (Lipinski definition) is 0. The van der Waals surface area contributed by atoms with Gasteiger partial charge in [0.1, 0.15) is 17.6 Å². The zero-order valence-corrected chi connectivity index (χ0v) is 34.2. The third-order valence-electron chi connectivity index (χ3n) is 9.80. The van der Waals surface area contributed by atoms with Gasteiger partial charge in [0.25, 0.3) is 0 Å². The Hall–Kier alpha value is -5.56. The molecule has 4 aromatic rings. The number of ether oxygens (including phenoxy) is 5. The molecule has 0 amide bonds. The van der Waals surface area contributed by atoms with Crippen molar-refractivity contribution < 1.29 is 42.9 Å². The highest BCUT2D eigenvalue weighted by Crippen LogP contribution is 2.31. The van der Waals surface area contributed by atoms with Crippen LogP contribution in [0.1, 0.15) is 110 Å². The van der Waals surface area contributed by atoms with E-state index in [2.05, 4.69) is 13.5 Å². The Morgan fingerprint density at radius 3 is 2.31 bits per heavy atom. The number of esters is 4. The van der Waals surface area contributed by atoms with Crippen molar-refractivity contribution in [2.24, 2.45) is 11.0 Å². The van der Waals surface area contributed by atoms with Crippen LogP contribution in [0.4, 0.5) is 5.13 Å². The van der Waals surface area contributed by atoms with Crippen LogP contribution in [0.2, 0.25) is 0 Å². The first-order valence-electron chi connectivity index (χ1n) is 20.1. The van der Waals surface area contributed by atoms with Gasteiger partial charge in [0, 0.05) is 18.2 Å². The number of hydrazone groups is 1. The lowest BCUT2D eigenvalue weighted by Gasteiger charge is -2.27. The minimum absolute atomic E-state index is 0.290. The molecule has 1 saturated carbocycles. The molecule has 308 valence electrons. The monoisotopic (exact) mass is 811 g/mol. The summed E-state index contributed by atoms with van der Waals surface area (Å²) >= 11 is 1.55. The van der Waals surface area contributed by atoms with Crippen molar-refractivity contribution in [3.8, 4) is 11.5 Å². The number of hydrogen-bond acceptors (Lipinski definition) is 13. The van der Waals surface area contributed by atoms with Gasteiger partial charge in [-0.15, -0.1) is 0 Å². The number of carbonyl (C=O) groups excluding carboxylic acids is 4. The number of unbranched alkanes of at least 4 members (excludes halogenated alkanes) is 6. The van der Waals surface area contributed by atoms with E-state index in [4.69, 9.17) is 33.8 Å².